The molecule has 1 fully saturated rings. The minimum absolute atomic E-state index is 0.322. The number of carboxylic acids is 1. The van der Waals surface area contributed by atoms with Gasteiger partial charge in [0, 0.05) is 24.6 Å². The van der Waals surface area contributed by atoms with Gasteiger partial charge in [-0.25, -0.2) is 9.78 Å². The van der Waals surface area contributed by atoms with Crippen LogP contribution in [-0.4, -0.2) is 45.3 Å². The maximum absolute atomic E-state index is 12.3. The molecule has 1 saturated carbocycles. The minimum atomic E-state index is -0.836. The molecule has 3 aromatic rings. The van der Waals surface area contributed by atoms with Gasteiger partial charge in [0.25, 0.3) is 0 Å². The molecule has 0 radical (unpaired) electrons. The first-order chi connectivity index (χ1) is 16.6. The summed E-state index contributed by atoms with van der Waals surface area (Å²) in [5, 5.41) is 10.1. The van der Waals surface area contributed by atoms with Crippen molar-refractivity contribution in [3.8, 4) is 0 Å². The summed E-state index contributed by atoms with van der Waals surface area (Å²) < 4.78 is 7.11. The lowest BCUT2D eigenvalue weighted by Crippen LogP contribution is -2.35. The largest absolute Gasteiger partial charge is 0.481 e. The second kappa shape index (κ2) is 9.49. The highest BCUT2D eigenvalue weighted by atomic mass is 16.5. The first kappa shape index (κ1) is 22.4. The lowest BCUT2D eigenvalue weighted by atomic mass is 9.88. The van der Waals surface area contributed by atoms with Crippen LogP contribution in [0.15, 0.2) is 42.5 Å². The molecule has 1 aliphatic heterocycles. The maximum atomic E-state index is 12.3. The van der Waals surface area contributed by atoms with Gasteiger partial charge in [0.15, 0.2) is 0 Å². The lowest BCUT2D eigenvalue weighted by Gasteiger charge is -2.27. The number of amides is 1. The summed E-state index contributed by atoms with van der Waals surface area (Å²) >= 11 is 0. The van der Waals surface area contributed by atoms with Crippen LogP contribution in [0.25, 0.3) is 11.0 Å². The van der Waals surface area contributed by atoms with Gasteiger partial charge in [-0.3, -0.25) is 4.79 Å². The predicted molar refractivity (Wildman–Crippen MR) is 129 cm³/mol. The molecule has 7 heteroatoms. The number of nitrogens with zero attached hydrogens (tertiary/aromatic N) is 3. The summed E-state index contributed by atoms with van der Waals surface area (Å²) in [6.07, 6.45) is 6.15. The molecule has 7 nitrogen and oxygen atoms in total. The molecule has 1 amide bonds. The third-order valence-electron chi connectivity index (χ3n) is 7.42. The van der Waals surface area contributed by atoms with E-state index in [0.717, 1.165) is 47.2 Å². The first-order valence-electron chi connectivity index (χ1n) is 12.2. The van der Waals surface area contributed by atoms with Crippen molar-refractivity contribution in [1.29, 1.82) is 0 Å². The number of hydrogen-bond acceptors (Lipinski definition) is 4. The van der Waals surface area contributed by atoms with E-state index in [1.54, 1.807) is 4.90 Å². The zero-order chi connectivity index (χ0) is 23.7. The number of imidazole rings is 1. The Morgan fingerprint density at radius 3 is 2.59 bits per heavy atom. The van der Waals surface area contributed by atoms with E-state index >= 15 is 0 Å². The van der Waals surface area contributed by atoms with E-state index in [2.05, 4.69) is 16.7 Å². The minimum Gasteiger partial charge on any atom is -0.481 e. The number of carboxylic acid groups (broad SMARTS) is 1. The van der Waals surface area contributed by atoms with Crippen molar-refractivity contribution in [2.24, 2.45) is 0 Å². The average molecular weight is 462 g/mol. The van der Waals surface area contributed by atoms with Crippen molar-refractivity contribution < 1.29 is 19.4 Å². The normalized spacial score (nSPS) is 17.4. The second-order valence-corrected chi connectivity index (χ2v) is 9.43. The Kier molecular flexibility index (Phi) is 6.26. The molecule has 1 N–H and O–H groups in total. The van der Waals surface area contributed by atoms with Gasteiger partial charge in [0.05, 0.1) is 30.6 Å². The van der Waals surface area contributed by atoms with Gasteiger partial charge in [-0.1, -0.05) is 55.7 Å². The third kappa shape index (κ3) is 4.15. The molecule has 2 aliphatic rings. The predicted octanol–water partition coefficient (Wildman–Crippen LogP) is 5.08. The quantitative estimate of drug-likeness (QED) is 0.573. The van der Waals surface area contributed by atoms with Crippen molar-refractivity contribution in [1.82, 2.24) is 14.5 Å². The van der Waals surface area contributed by atoms with E-state index in [0.29, 0.717) is 25.6 Å². The summed E-state index contributed by atoms with van der Waals surface area (Å²) in [4.78, 5) is 31.4. The SMILES string of the molecule is COC(=O)N1CCc2ccc3c(nc(C4CCCCC4)n3C[C@@H](C(=O)O)c3ccccc3)c2C1. The Balaban J connectivity index is 1.62. The van der Waals surface area contributed by atoms with Crippen LogP contribution < -0.4 is 0 Å². The van der Waals surface area contributed by atoms with Crippen molar-refractivity contribution in [2.45, 2.75) is 63.5 Å². The smallest absolute Gasteiger partial charge is 0.409 e. The van der Waals surface area contributed by atoms with E-state index in [1.807, 2.05) is 30.3 Å². The van der Waals surface area contributed by atoms with Crippen LogP contribution in [0.2, 0.25) is 0 Å². The van der Waals surface area contributed by atoms with Crippen molar-refractivity contribution in [3.63, 3.8) is 0 Å². The molecule has 0 spiro atoms. The van der Waals surface area contributed by atoms with Crippen LogP contribution in [0.3, 0.4) is 0 Å². The molecular formula is C27H31N3O4. The number of aliphatic carboxylic acids is 1. The summed E-state index contributed by atoms with van der Waals surface area (Å²) in [6.45, 7) is 1.42. The highest BCUT2D eigenvalue weighted by Crippen LogP contribution is 2.37. The van der Waals surface area contributed by atoms with Gasteiger partial charge in [-0.15, -0.1) is 0 Å². The van der Waals surface area contributed by atoms with Gasteiger partial charge in [-0.05, 0) is 36.5 Å². The molecular weight excluding hydrogens is 430 g/mol. The molecule has 1 aromatic heterocycles. The molecule has 0 unspecified atom stereocenters. The molecule has 0 saturated heterocycles. The van der Waals surface area contributed by atoms with E-state index in [9.17, 15) is 14.7 Å². The van der Waals surface area contributed by atoms with Gasteiger partial charge >= 0.3 is 12.1 Å². The number of carbonyl (C=O) groups excluding carboxylic acids is 1. The van der Waals surface area contributed by atoms with E-state index in [-0.39, 0.29) is 6.09 Å². The van der Waals surface area contributed by atoms with E-state index < -0.39 is 11.9 Å². The highest BCUT2D eigenvalue weighted by Gasteiger charge is 2.30. The number of hydrogen-bond donors (Lipinski definition) is 1. The highest BCUT2D eigenvalue weighted by molar-refractivity contribution is 5.83. The zero-order valence-corrected chi connectivity index (χ0v) is 19.6. The molecule has 1 atom stereocenters. The molecule has 2 heterocycles. The second-order valence-electron chi connectivity index (χ2n) is 9.43. The Hall–Kier alpha value is -3.35. The van der Waals surface area contributed by atoms with Crippen molar-refractivity contribution in [3.05, 3.63) is 65.0 Å². The molecule has 2 aromatic carbocycles. The fraction of sp³-hybridized carbons (Fsp3) is 0.444. The molecule has 34 heavy (non-hydrogen) atoms. The van der Waals surface area contributed by atoms with E-state index in [4.69, 9.17) is 9.72 Å². The van der Waals surface area contributed by atoms with Crippen LogP contribution in [0.5, 0.6) is 0 Å². The maximum Gasteiger partial charge on any atom is 0.409 e. The van der Waals surface area contributed by atoms with Crippen LogP contribution in [0, 0.1) is 0 Å². The average Bonchev–Trinajstić information content (AvgIpc) is 3.26. The monoisotopic (exact) mass is 461 g/mol. The van der Waals surface area contributed by atoms with Gasteiger partial charge < -0.3 is 19.3 Å². The van der Waals surface area contributed by atoms with Crippen molar-refractivity contribution in [2.75, 3.05) is 13.7 Å². The zero-order valence-electron chi connectivity index (χ0n) is 19.6. The fourth-order valence-corrected chi connectivity index (χ4v) is 5.59. The third-order valence-corrected chi connectivity index (χ3v) is 7.42. The molecule has 0 bridgehead atoms. The Morgan fingerprint density at radius 1 is 1.12 bits per heavy atom. The summed E-state index contributed by atoms with van der Waals surface area (Å²) in [5.74, 6) is -0.191. The number of carbonyl (C=O) groups is 2. The standard InChI is InChI=1S/C27H31N3O4/c1-34-27(33)29-15-14-19-12-13-23-24(21(19)16-29)28-25(20-10-6-3-7-11-20)30(23)17-22(26(31)32)18-8-4-2-5-9-18/h2,4-5,8-9,12-13,20,22H,3,6-7,10-11,14-17H2,1H3,(H,31,32)/t22-/m1/s1. The Morgan fingerprint density at radius 2 is 1.88 bits per heavy atom. The number of benzene rings is 2. The number of fused-ring (bicyclic) bond motifs is 3. The van der Waals surface area contributed by atoms with Gasteiger partial charge in [-0.2, -0.15) is 0 Å². The summed E-state index contributed by atoms with van der Waals surface area (Å²) in [5.41, 5.74) is 4.89. The molecule has 1 aliphatic carbocycles. The number of ether oxygens (including phenoxy) is 1. The lowest BCUT2D eigenvalue weighted by molar-refractivity contribution is -0.139. The van der Waals surface area contributed by atoms with Gasteiger partial charge in [0.2, 0.25) is 0 Å². The van der Waals surface area contributed by atoms with Crippen LogP contribution in [0.4, 0.5) is 4.79 Å². The molecule has 5 rings (SSSR count). The number of methoxy groups -OCH3 is 1. The molecule has 178 valence electrons. The van der Waals surface area contributed by atoms with Crippen molar-refractivity contribution >= 4 is 23.1 Å². The Labute approximate surface area is 199 Å². The summed E-state index contributed by atoms with van der Waals surface area (Å²) in [6, 6.07) is 13.7. The topological polar surface area (TPSA) is 84.7 Å². The van der Waals surface area contributed by atoms with Crippen LogP contribution in [-0.2, 0) is 29.0 Å². The summed E-state index contributed by atoms with van der Waals surface area (Å²) in [7, 11) is 1.41. The number of aromatic nitrogens is 2. The number of rotatable bonds is 5. The van der Waals surface area contributed by atoms with Crippen LogP contribution >= 0.6 is 0 Å². The Bertz CT molecular complexity index is 1200. The van der Waals surface area contributed by atoms with E-state index in [1.165, 1.54) is 31.9 Å². The van der Waals surface area contributed by atoms with Crippen LogP contribution in [0.1, 0.15) is 66.5 Å². The van der Waals surface area contributed by atoms with Gasteiger partial charge in [0.1, 0.15) is 5.82 Å². The first-order valence-corrected chi connectivity index (χ1v) is 12.2. The fourth-order valence-electron chi connectivity index (χ4n) is 5.59.